The van der Waals surface area contributed by atoms with Crippen LogP contribution in [-0.2, 0) is 19.5 Å². The molecule has 7 nitrogen and oxygen atoms in total. The van der Waals surface area contributed by atoms with Gasteiger partial charge in [0.2, 0.25) is 10.0 Å². The summed E-state index contributed by atoms with van der Waals surface area (Å²) in [6, 6.07) is 6.01. The minimum Gasteiger partial charge on any atom is -0.382 e. The number of amides is 1. The van der Waals surface area contributed by atoms with Gasteiger partial charge in [0.25, 0.3) is 5.91 Å². The van der Waals surface area contributed by atoms with Crippen molar-refractivity contribution in [1.82, 2.24) is 9.62 Å². The molecule has 1 heterocycles. The van der Waals surface area contributed by atoms with Crippen LogP contribution < -0.4 is 5.32 Å². The number of rotatable bonds is 8. The Kier molecular flexibility index (Phi) is 7.16. The topological polar surface area (TPSA) is 84.9 Å². The lowest BCUT2D eigenvalue weighted by Gasteiger charge is -2.26. The first-order valence-corrected chi connectivity index (χ1v) is 9.53. The van der Waals surface area contributed by atoms with Crippen molar-refractivity contribution in [3.05, 3.63) is 29.8 Å². The zero-order chi connectivity index (χ0) is 17.4. The summed E-state index contributed by atoms with van der Waals surface area (Å²) in [5.41, 5.74) is 0.437. The molecule has 0 spiro atoms. The van der Waals surface area contributed by atoms with Crippen molar-refractivity contribution >= 4 is 15.9 Å². The van der Waals surface area contributed by atoms with E-state index in [0.29, 0.717) is 51.6 Å². The molecule has 0 saturated carbocycles. The van der Waals surface area contributed by atoms with Crippen LogP contribution in [0, 0.1) is 0 Å². The number of carbonyl (C=O) groups excluding carboxylic acids is 1. The maximum absolute atomic E-state index is 12.5. The Morgan fingerprint density at radius 1 is 1.25 bits per heavy atom. The van der Waals surface area contributed by atoms with Crippen molar-refractivity contribution in [2.24, 2.45) is 0 Å². The number of morpholine rings is 1. The van der Waals surface area contributed by atoms with E-state index < -0.39 is 10.0 Å². The second kappa shape index (κ2) is 9.12. The molecule has 0 unspecified atom stereocenters. The maximum atomic E-state index is 12.5. The number of hydrogen-bond donors (Lipinski definition) is 1. The molecule has 1 aromatic carbocycles. The van der Waals surface area contributed by atoms with Crippen LogP contribution >= 0.6 is 0 Å². The third-order valence-corrected chi connectivity index (χ3v) is 5.59. The van der Waals surface area contributed by atoms with Gasteiger partial charge in [-0.3, -0.25) is 4.79 Å². The molecular weight excluding hydrogens is 332 g/mol. The molecular formula is C16H24N2O5S. The van der Waals surface area contributed by atoms with Crippen molar-refractivity contribution in [2.45, 2.75) is 18.2 Å². The average Bonchev–Trinajstić information content (AvgIpc) is 2.62. The molecule has 0 radical (unpaired) electrons. The summed E-state index contributed by atoms with van der Waals surface area (Å²) in [6.45, 7) is 5.22. The molecule has 1 aromatic rings. The van der Waals surface area contributed by atoms with Crippen LogP contribution in [-0.4, -0.2) is 64.7 Å². The second-order valence-corrected chi connectivity index (χ2v) is 7.29. The van der Waals surface area contributed by atoms with Gasteiger partial charge in [-0.05, 0) is 37.6 Å². The van der Waals surface area contributed by atoms with E-state index in [9.17, 15) is 13.2 Å². The van der Waals surface area contributed by atoms with Crippen LogP contribution in [0.2, 0.25) is 0 Å². The van der Waals surface area contributed by atoms with Crippen LogP contribution in [0.3, 0.4) is 0 Å². The molecule has 24 heavy (non-hydrogen) atoms. The van der Waals surface area contributed by atoms with Gasteiger partial charge in [0.1, 0.15) is 0 Å². The largest absolute Gasteiger partial charge is 0.382 e. The van der Waals surface area contributed by atoms with Gasteiger partial charge in [0, 0.05) is 38.4 Å². The quantitative estimate of drug-likeness (QED) is 0.699. The van der Waals surface area contributed by atoms with E-state index in [1.165, 1.54) is 28.6 Å². The molecule has 8 heteroatoms. The van der Waals surface area contributed by atoms with Gasteiger partial charge in [-0.1, -0.05) is 0 Å². The third-order valence-electron chi connectivity index (χ3n) is 3.68. The number of nitrogens with zero attached hydrogens (tertiary/aromatic N) is 1. The zero-order valence-electron chi connectivity index (χ0n) is 13.9. The number of sulfonamides is 1. The van der Waals surface area contributed by atoms with Crippen LogP contribution in [0.15, 0.2) is 29.2 Å². The molecule has 2 rings (SSSR count). The summed E-state index contributed by atoms with van der Waals surface area (Å²) in [5.74, 6) is -0.221. The highest BCUT2D eigenvalue weighted by atomic mass is 32.2. The van der Waals surface area contributed by atoms with Gasteiger partial charge in [0.05, 0.1) is 18.1 Å². The lowest BCUT2D eigenvalue weighted by atomic mass is 10.2. The van der Waals surface area contributed by atoms with E-state index >= 15 is 0 Å². The van der Waals surface area contributed by atoms with E-state index in [-0.39, 0.29) is 10.8 Å². The van der Waals surface area contributed by atoms with Crippen molar-refractivity contribution < 1.29 is 22.7 Å². The monoisotopic (exact) mass is 356 g/mol. The molecule has 134 valence electrons. The first-order valence-electron chi connectivity index (χ1n) is 8.09. The van der Waals surface area contributed by atoms with Gasteiger partial charge < -0.3 is 14.8 Å². The highest BCUT2D eigenvalue weighted by Gasteiger charge is 2.26. The molecule has 1 fully saturated rings. The highest BCUT2D eigenvalue weighted by molar-refractivity contribution is 7.89. The van der Waals surface area contributed by atoms with Gasteiger partial charge in [-0.15, -0.1) is 0 Å². The van der Waals surface area contributed by atoms with E-state index in [4.69, 9.17) is 9.47 Å². The predicted octanol–water partition coefficient (Wildman–Crippen LogP) is 0.864. The minimum absolute atomic E-state index is 0.192. The summed E-state index contributed by atoms with van der Waals surface area (Å²) < 4.78 is 36.8. The lowest BCUT2D eigenvalue weighted by Crippen LogP contribution is -2.40. The Balaban J connectivity index is 1.93. The zero-order valence-corrected chi connectivity index (χ0v) is 14.7. The summed E-state index contributed by atoms with van der Waals surface area (Å²) in [4.78, 5) is 12.2. The van der Waals surface area contributed by atoms with Gasteiger partial charge in [0.15, 0.2) is 0 Å². The Bertz CT molecular complexity index is 624. The molecule has 1 saturated heterocycles. The van der Waals surface area contributed by atoms with Gasteiger partial charge >= 0.3 is 0 Å². The smallest absolute Gasteiger partial charge is 0.251 e. The summed E-state index contributed by atoms with van der Waals surface area (Å²) in [7, 11) is -3.53. The molecule has 0 aliphatic carbocycles. The van der Waals surface area contributed by atoms with Crippen molar-refractivity contribution in [1.29, 1.82) is 0 Å². The van der Waals surface area contributed by atoms with E-state index in [1.54, 1.807) is 0 Å². The number of benzene rings is 1. The molecule has 0 bridgehead atoms. The Morgan fingerprint density at radius 2 is 1.92 bits per heavy atom. The summed E-state index contributed by atoms with van der Waals surface area (Å²) >= 11 is 0. The molecule has 1 aliphatic heterocycles. The number of nitrogens with one attached hydrogen (secondary N) is 1. The Hall–Kier alpha value is -1.48. The number of carbonyl (C=O) groups is 1. The van der Waals surface area contributed by atoms with Crippen LogP contribution in [0.25, 0.3) is 0 Å². The van der Waals surface area contributed by atoms with Crippen molar-refractivity contribution in [3.63, 3.8) is 0 Å². The summed E-state index contributed by atoms with van der Waals surface area (Å²) in [5, 5.41) is 2.78. The van der Waals surface area contributed by atoms with E-state index in [1.807, 2.05) is 6.92 Å². The Labute approximate surface area is 143 Å². The second-order valence-electron chi connectivity index (χ2n) is 5.35. The molecule has 1 N–H and O–H groups in total. The van der Waals surface area contributed by atoms with Gasteiger partial charge in [-0.2, -0.15) is 4.31 Å². The van der Waals surface area contributed by atoms with E-state index in [0.717, 1.165) is 6.42 Å². The fourth-order valence-corrected chi connectivity index (χ4v) is 3.74. The normalized spacial score (nSPS) is 16.0. The molecule has 0 aromatic heterocycles. The summed E-state index contributed by atoms with van der Waals surface area (Å²) in [6.07, 6.45) is 0.739. The highest BCUT2D eigenvalue weighted by Crippen LogP contribution is 2.17. The Morgan fingerprint density at radius 3 is 2.54 bits per heavy atom. The molecule has 1 aliphatic rings. The van der Waals surface area contributed by atoms with Crippen LogP contribution in [0.4, 0.5) is 0 Å². The SMILES string of the molecule is CCOCCCNC(=O)c1ccc(S(=O)(=O)N2CCOCC2)cc1. The number of hydrogen-bond acceptors (Lipinski definition) is 5. The van der Waals surface area contributed by atoms with Crippen LogP contribution in [0.1, 0.15) is 23.7 Å². The standard InChI is InChI=1S/C16H24N2O5S/c1-2-22-11-3-8-17-16(19)14-4-6-15(7-5-14)24(20,21)18-9-12-23-13-10-18/h4-7H,2-3,8-13H2,1H3,(H,17,19). The maximum Gasteiger partial charge on any atom is 0.251 e. The molecule has 1 amide bonds. The lowest BCUT2D eigenvalue weighted by molar-refractivity contribution is 0.0730. The fourth-order valence-electron chi connectivity index (χ4n) is 2.34. The van der Waals surface area contributed by atoms with Crippen molar-refractivity contribution in [2.75, 3.05) is 46.1 Å². The van der Waals surface area contributed by atoms with Crippen molar-refractivity contribution in [3.8, 4) is 0 Å². The van der Waals surface area contributed by atoms with Crippen LogP contribution in [0.5, 0.6) is 0 Å². The first kappa shape index (κ1) is 18.9. The third kappa shape index (κ3) is 5.01. The van der Waals surface area contributed by atoms with E-state index in [2.05, 4.69) is 5.32 Å². The average molecular weight is 356 g/mol. The number of ether oxygens (including phenoxy) is 2. The fraction of sp³-hybridized carbons (Fsp3) is 0.562. The molecule has 0 atom stereocenters. The predicted molar refractivity (Wildman–Crippen MR) is 89.5 cm³/mol. The van der Waals surface area contributed by atoms with Gasteiger partial charge in [-0.25, -0.2) is 8.42 Å². The first-order chi connectivity index (χ1) is 11.6. The minimum atomic E-state index is -3.53.